The minimum atomic E-state index is -0.232. The van der Waals surface area contributed by atoms with Gasteiger partial charge in [-0.25, -0.2) is 0 Å². The van der Waals surface area contributed by atoms with Gasteiger partial charge in [0, 0.05) is 14.8 Å². The molecule has 3 nitrogen and oxygen atoms in total. The lowest BCUT2D eigenvalue weighted by Crippen LogP contribution is -2.12. The Morgan fingerprint density at radius 1 is 1.26 bits per heavy atom. The molecular weight excluding hydrogens is 375 g/mol. The van der Waals surface area contributed by atoms with Crippen LogP contribution in [0.25, 0.3) is 0 Å². The molecule has 0 aliphatic carbocycles. The van der Waals surface area contributed by atoms with E-state index in [0.29, 0.717) is 21.8 Å². The largest absolute Gasteiger partial charge is 0.322 e. The number of nitriles is 1. The van der Waals surface area contributed by atoms with Gasteiger partial charge in [-0.3, -0.25) is 4.79 Å². The normalized spacial score (nSPS) is 9.74. The predicted octanol–water partition coefficient (Wildman–Crippen LogP) is 4.07. The fourth-order valence-corrected chi connectivity index (χ4v) is 2.14. The van der Waals surface area contributed by atoms with Gasteiger partial charge in [0.05, 0.1) is 16.7 Å². The van der Waals surface area contributed by atoms with Gasteiger partial charge in [-0.1, -0.05) is 17.7 Å². The molecule has 0 radical (unpaired) electrons. The summed E-state index contributed by atoms with van der Waals surface area (Å²) in [5.74, 6) is -0.232. The molecule has 0 aliphatic rings. The van der Waals surface area contributed by atoms with Crippen molar-refractivity contribution < 1.29 is 4.79 Å². The molecule has 0 saturated carbocycles. The summed E-state index contributed by atoms with van der Waals surface area (Å²) in [5.41, 5.74) is 1.62. The van der Waals surface area contributed by atoms with Gasteiger partial charge in [-0.2, -0.15) is 5.26 Å². The Bertz CT molecular complexity index is 679. The molecule has 5 heteroatoms. The lowest BCUT2D eigenvalue weighted by Gasteiger charge is -2.06. The molecule has 2 rings (SSSR count). The number of rotatable bonds is 2. The third kappa shape index (κ3) is 3.46. The first-order chi connectivity index (χ1) is 9.10. The van der Waals surface area contributed by atoms with Crippen LogP contribution in [0, 0.1) is 14.9 Å². The van der Waals surface area contributed by atoms with E-state index < -0.39 is 0 Å². The average molecular weight is 383 g/mol. The Morgan fingerprint density at radius 3 is 2.74 bits per heavy atom. The Balaban J connectivity index is 2.21. The molecule has 0 heterocycles. The zero-order chi connectivity index (χ0) is 13.8. The number of nitrogens with one attached hydrogen (secondary N) is 1. The van der Waals surface area contributed by atoms with Crippen molar-refractivity contribution in [3.63, 3.8) is 0 Å². The number of nitrogens with zero attached hydrogens (tertiary/aromatic N) is 1. The van der Waals surface area contributed by atoms with Crippen molar-refractivity contribution in [2.75, 3.05) is 5.32 Å². The van der Waals surface area contributed by atoms with E-state index in [1.54, 1.807) is 42.5 Å². The van der Waals surface area contributed by atoms with E-state index in [2.05, 4.69) is 27.9 Å². The summed E-state index contributed by atoms with van der Waals surface area (Å²) in [4.78, 5) is 12.0. The van der Waals surface area contributed by atoms with Gasteiger partial charge >= 0.3 is 0 Å². The molecule has 94 valence electrons. The number of hydrogen-bond acceptors (Lipinski definition) is 2. The number of carbonyl (C=O) groups is 1. The van der Waals surface area contributed by atoms with Crippen molar-refractivity contribution in [2.24, 2.45) is 0 Å². The summed E-state index contributed by atoms with van der Waals surface area (Å²) < 4.78 is 0.817. The Morgan fingerprint density at radius 2 is 2.05 bits per heavy atom. The van der Waals surface area contributed by atoms with Crippen LogP contribution < -0.4 is 5.32 Å². The summed E-state index contributed by atoms with van der Waals surface area (Å²) >= 11 is 7.98. The Labute approximate surface area is 129 Å². The second-order valence-electron chi connectivity index (χ2n) is 3.78. The number of anilines is 1. The van der Waals surface area contributed by atoms with Gasteiger partial charge in [-0.15, -0.1) is 0 Å². The first-order valence-corrected chi connectivity index (χ1v) is 6.82. The second kappa shape index (κ2) is 6.04. The van der Waals surface area contributed by atoms with E-state index in [-0.39, 0.29) is 5.91 Å². The zero-order valence-electron chi connectivity index (χ0n) is 9.65. The Hall–Kier alpha value is -1.58. The van der Waals surface area contributed by atoms with Gasteiger partial charge in [0.15, 0.2) is 0 Å². The summed E-state index contributed by atoms with van der Waals surface area (Å²) in [5, 5.41) is 12.2. The van der Waals surface area contributed by atoms with Crippen LogP contribution in [0.15, 0.2) is 42.5 Å². The maximum atomic E-state index is 12.0. The van der Waals surface area contributed by atoms with Gasteiger partial charge in [0.25, 0.3) is 5.91 Å². The minimum absolute atomic E-state index is 0.232. The second-order valence-corrected chi connectivity index (χ2v) is 5.35. The SMILES string of the molecule is N#Cc1cccc(NC(=O)c2ccc(Cl)c(I)c2)c1. The quantitative estimate of drug-likeness (QED) is 0.796. The maximum absolute atomic E-state index is 12.0. The van der Waals surface area contributed by atoms with Crippen molar-refractivity contribution >= 4 is 45.8 Å². The molecule has 0 unspecified atom stereocenters. The van der Waals surface area contributed by atoms with Gasteiger partial charge < -0.3 is 5.32 Å². The summed E-state index contributed by atoms with van der Waals surface area (Å²) in [6.07, 6.45) is 0. The third-order valence-corrected chi connectivity index (χ3v) is 3.97. The zero-order valence-corrected chi connectivity index (χ0v) is 12.6. The molecule has 0 bridgehead atoms. The molecular formula is C14H8ClIN2O. The first-order valence-electron chi connectivity index (χ1n) is 5.37. The van der Waals surface area contributed by atoms with Gasteiger partial charge in [0.2, 0.25) is 0 Å². The molecule has 0 saturated heterocycles. The van der Waals surface area contributed by atoms with Crippen LogP contribution in [0.5, 0.6) is 0 Å². The highest BCUT2D eigenvalue weighted by Gasteiger charge is 2.08. The van der Waals surface area contributed by atoms with Crippen molar-refractivity contribution in [2.45, 2.75) is 0 Å². The number of halogens is 2. The van der Waals surface area contributed by atoms with Gasteiger partial charge in [0.1, 0.15) is 0 Å². The van der Waals surface area contributed by atoms with Gasteiger partial charge in [-0.05, 0) is 59.0 Å². The summed E-state index contributed by atoms with van der Waals surface area (Å²) in [7, 11) is 0. The molecule has 0 fully saturated rings. The highest BCUT2D eigenvalue weighted by Crippen LogP contribution is 2.20. The fraction of sp³-hybridized carbons (Fsp3) is 0. The molecule has 1 amide bonds. The van der Waals surface area contributed by atoms with Crippen LogP contribution >= 0.6 is 34.2 Å². The minimum Gasteiger partial charge on any atom is -0.322 e. The molecule has 19 heavy (non-hydrogen) atoms. The number of amides is 1. The van der Waals surface area contributed by atoms with E-state index >= 15 is 0 Å². The lowest BCUT2D eigenvalue weighted by atomic mass is 10.2. The van der Waals surface area contributed by atoms with E-state index in [9.17, 15) is 4.79 Å². The molecule has 2 aromatic rings. The smallest absolute Gasteiger partial charge is 0.255 e. The van der Waals surface area contributed by atoms with Crippen LogP contribution in [0.2, 0.25) is 5.02 Å². The molecule has 0 aromatic heterocycles. The average Bonchev–Trinajstić information content (AvgIpc) is 2.42. The third-order valence-electron chi connectivity index (χ3n) is 2.43. The van der Waals surface area contributed by atoms with Crippen LogP contribution in [-0.4, -0.2) is 5.91 Å². The van der Waals surface area contributed by atoms with E-state index in [0.717, 1.165) is 3.57 Å². The first kappa shape index (κ1) is 13.8. The Kier molecular flexibility index (Phi) is 4.40. The number of hydrogen-bond donors (Lipinski definition) is 1. The standard InChI is InChI=1S/C14H8ClIN2O/c15-12-5-4-10(7-13(12)16)14(19)18-11-3-1-2-9(6-11)8-17/h1-7H,(H,18,19). The maximum Gasteiger partial charge on any atom is 0.255 e. The van der Waals surface area contributed by atoms with Crippen molar-refractivity contribution in [3.8, 4) is 6.07 Å². The number of carbonyl (C=O) groups excluding carboxylic acids is 1. The van der Waals surface area contributed by atoms with E-state index in [4.69, 9.17) is 16.9 Å². The molecule has 2 aromatic carbocycles. The van der Waals surface area contributed by atoms with Crippen LogP contribution in [-0.2, 0) is 0 Å². The number of benzene rings is 2. The molecule has 0 aliphatic heterocycles. The monoisotopic (exact) mass is 382 g/mol. The summed E-state index contributed by atoms with van der Waals surface area (Å²) in [6.45, 7) is 0. The lowest BCUT2D eigenvalue weighted by molar-refractivity contribution is 0.102. The topological polar surface area (TPSA) is 52.9 Å². The van der Waals surface area contributed by atoms with Crippen molar-refractivity contribution in [1.29, 1.82) is 5.26 Å². The van der Waals surface area contributed by atoms with Crippen LogP contribution in [0.1, 0.15) is 15.9 Å². The van der Waals surface area contributed by atoms with Crippen molar-refractivity contribution in [3.05, 3.63) is 62.2 Å². The fourth-order valence-electron chi connectivity index (χ4n) is 1.51. The molecule has 0 atom stereocenters. The van der Waals surface area contributed by atoms with Crippen molar-refractivity contribution in [1.82, 2.24) is 0 Å². The highest BCUT2D eigenvalue weighted by atomic mass is 127. The predicted molar refractivity (Wildman–Crippen MR) is 83.3 cm³/mol. The molecule has 1 N–H and O–H groups in total. The van der Waals surface area contributed by atoms with E-state index in [1.807, 2.05) is 6.07 Å². The van der Waals surface area contributed by atoms with Crippen LogP contribution in [0.3, 0.4) is 0 Å². The summed E-state index contributed by atoms with van der Waals surface area (Å²) in [6, 6.07) is 13.8. The molecule has 0 spiro atoms. The van der Waals surface area contributed by atoms with Crippen LogP contribution in [0.4, 0.5) is 5.69 Å². The highest BCUT2D eigenvalue weighted by molar-refractivity contribution is 14.1. The van der Waals surface area contributed by atoms with E-state index in [1.165, 1.54) is 0 Å².